The van der Waals surface area contributed by atoms with Crippen LogP contribution in [0.25, 0.3) is 0 Å². The van der Waals surface area contributed by atoms with Gasteiger partial charge in [0.05, 0.1) is 6.54 Å². The Morgan fingerprint density at radius 3 is 2.71 bits per heavy atom. The Hall–Kier alpha value is -2.30. The third-order valence-electron chi connectivity index (χ3n) is 2.50. The summed E-state index contributed by atoms with van der Waals surface area (Å²) in [6.07, 6.45) is 3.54. The molecule has 0 saturated carbocycles. The van der Waals surface area contributed by atoms with Gasteiger partial charge in [0, 0.05) is 30.7 Å². The molecule has 0 aliphatic rings. The number of carbonyl (C=O) groups is 1. The van der Waals surface area contributed by atoms with Crippen molar-refractivity contribution >= 4 is 11.6 Å². The minimum atomic E-state index is -0.131. The molecule has 1 aromatic carbocycles. The number of imidazole rings is 1. The van der Waals surface area contributed by atoms with E-state index in [1.54, 1.807) is 30.5 Å². The van der Waals surface area contributed by atoms with Crippen LogP contribution in [0.4, 0.5) is 5.69 Å². The van der Waals surface area contributed by atoms with Crippen molar-refractivity contribution in [3.63, 3.8) is 0 Å². The zero-order valence-corrected chi connectivity index (χ0v) is 9.55. The van der Waals surface area contributed by atoms with Crippen molar-refractivity contribution in [2.24, 2.45) is 7.05 Å². The Balaban J connectivity index is 1.98. The minimum absolute atomic E-state index is 0.131. The first-order chi connectivity index (χ1) is 8.16. The molecule has 1 heterocycles. The fraction of sp³-hybridized carbons (Fsp3) is 0.167. The number of nitrogens with two attached hydrogens (primary N) is 1. The van der Waals surface area contributed by atoms with Crippen LogP contribution < -0.4 is 11.1 Å². The molecule has 1 aromatic heterocycles. The molecule has 2 rings (SSSR count). The van der Waals surface area contributed by atoms with Crippen LogP contribution in [-0.2, 0) is 13.6 Å². The molecule has 17 heavy (non-hydrogen) atoms. The third-order valence-corrected chi connectivity index (χ3v) is 2.50. The molecule has 0 bridgehead atoms. The van der Waals surface area contributed by atoms with Crippen LogP contribution in [0.2, 0.25) is 0 Å². The van der Waals surface area contributed by atoms with Crippen molar-refractivity contribution < 1.29 is 4.79 Å². The van der Waals surface area contributed by atoms with E-state index in [1.165, 1.54) is 0 Å². The first-order valence-corrected chi connectivity index (χ1v) is 5.27. The smallest absolute Gasteiger partial charge is 0.251 e. The van der Waals surface area contributed by atoms with Crippen LogP contribution >= 0.6 is 0 Å². The minimum Gasteiger partial charge on any atom is -0.399 e. The zero-order chi connectivity index (χ0) is 12.3. The number of rotatable bonds is 3. The second-order valence-electron chi connectivity index (χ2n) is 3.76. The highest BCUT2D eigenvalue weighted by atomic mass is 16.1. The van der Waals surface area contributed by atoms with E-state index in [0.717, 1.165) is 5.82 Å². The summed E-state index contributed by atoms with van der Waals surface area (Å²) in [5.41, 5.74) is 6.79. The number of nitrogens with one attached hydrogen (secondary N) is 1. The Labute approximate surface area is 99.3 Å². The monoisotopic (exact) mass is 230 g/mol. The number of benzene rings is 1. The number of aryl methyl sites for hydroxylation is 1. The summed E-state index contributed by atoms with van der Waals surface area (Å²) >= 11 is 0. The van der Waals surface area contributed by atoms with Crippen LogP contribution in [0, 0.1) is 0 Å². The van der Waals surface area contributed by atoms with Gasteiger partial charge >= 0.3 is 0 Å². The maximum Gasteiger partial charge on any atom is 0.251 e. The van der Waals surface area contributed by atoms with Gasteiger partial charge in [-0.3, -0.25) is 4.79 Å². The van der Waals surface area contributed by atoms with Crippen LogP contribution in [-0.4, -0.2) is 15.5 Å². The molecule has 1 amide bonds. The molecule has 0 radical (unpaired) electrons. The Bertz CT molecular complexity index is 516. The molecule has 0 aliphatic carbocycles. The van der Waals surface area contributed by atoms with Gasteiger partial charge in [-0.25, -0.2) is 4.98 Å². The van der Waals surface area contributed by atoms with Crippen molar-refractivity contribution in [2.75, 3.05) is 5.73 Å². The second-order valence-corrected chi connectivity index (χ2v) is 3.76. The lowest BCUT2D eigenvalue weighted by Crippen LogP contribution is -2.24. The Morgan fingerprint density at radius 2 is 2.12 bits per heavy atom. The van der Waals surface area contributed by atoms with Gasteiger partial charge in [-0.2, -0.15) is 0 Å². The maximum atomic E-state index is 11.8. The van der Waals surface area contributed by atoms with Gasteiger partial charge in [-0.15, -0.1) is 0 Å². The van der Waals surface area contributed by atoms with E-state index in [-0.39, 0.29) is 5.91 Å². The predicted molar refractivity (Wildman–Crippen MR) is 65.2 cm³/mol. The fourth-order valence-corrected chi connectivity index (χ4v) is 1.46. The van der Waals surface area contributed by atoms with Crippen molar-refractivity contribution in [2.45, 2.75) is 6.54 Å². The van der Waals surface area contributed by atoms with Gasteiger partial charge in [-0.05, 0) is 24.3 Å². The highest BCUT2D eigenvalue weighted by molar-refractivity contribution is 5.94. The zero-order valence-electron chi connectivity index (χ0n) is 9.55. The molecular weight excluding hydrogens is 216 g/mol. The molecule has 0 fully saturated rings. The Morgan fingerprint density at radius 1 is 1.41 bits per heavy atom. The van der Waals surface area contributed by atoms with Crippen LogP contribution in [0.3, 0.4) is 0 Å². The van der Waals surface area contributed by atoms with Crippen LogP contribution in [0.5, 0.6) is 0 Å². The van der Waals surface area contributed by atoms with E-state index in [0.29, 0.717) is 17.8 Å². The van der Waals surface area contributed by atoms with Crippen molar-refractivity contribution in [1.29, 1.82) is 0 Å². The third kappa shape index (κ3) is 2.63. The predicted octanol–water partition coefficient (Wildman–Crippen LogP) is 0.932. The fourth-order valence-electron chi connectivity index (χ4n) is 1.46. The maximum absolute atomic E-state index is 11.8. The van der Waals surface area contributed by atoms with Gasteiger partial charge < -0.3 is 15.6 Å². The molecule has 0 atom stereocenters. The first kappa shape index (κ1) is 11.2. The van der Waals surface area contributed by atoms with Crippen molar-refractivity contribution in [3.05, 3.63) is 48.0 Å². The summed E-state index contributed by atoms with van der Waals surface area (Å²) < 4.78 is 1.86. The molecule has 88 valence electrons. The standard InChI is InChI=1S/C12H14N4O/c1-16-7-6-14-11(16)8-15-12(17)9-2-4-10(13)5-3-9/h2-7H,8,13H2,1H3,(H,15,17). The summed E-state index contributed by atoms with van der Waals surface area (Å²) in [6.45, 7) is 0.409. The van der Waals surface area contributed by atoms with Gasteiger partial charge in [0.15, 0.2) is 0 Å². The largest absolute Gasteiger partial charge is 0.399 e. The average molecular weight is 230 g/mol. The number of amides is 1. The number of nitrogen functional groups attached to an aromatic ring is 1. The van der Waals surface area contributed by atoms with E-state index < -0.39 is 0 Å². The number of hydrogen-bond donors (Lipinski definition) is 2. The molecule has 0 unspecified atom stereocenters. The molecule has 5 nitrogen and oxygen atoms in total. The quantitative estimate of drug-likeness (QED) is 0.770. The van der Waals surface area contributed by atoms with E-state index in [2.05, 4.69) is 10.3 Å². The number of nitrogens with zero attached hydrogens (tertiary/aromatic N) is 2. The molecule has 5 heteroatoms. The van der Waals surface area contributed by atoms with Gasteiger partial charge in [0.25, 0.3) is 5.91 Å². The molecule has 3 N–H and O–H groups in total. The number of aromatic nitrogens is 2. The number of carbonyl (C=O) groups excluding carboxylic acids is 1. The van der Waals surface area contributed by atoms with Gasteiger partial charge in [-0.1, -0.05) is 0 Å². The lowest BCUT2D eigenvalue weighted by atomic mass is 10.2. The average Bonchev–Trinajstić information content (AvgIpc) is 2.73. The van der Waals surface area contributed by atoms with Crippen LogP contribution in [0.1, 0.15) is 16.2 Å². The highest BCUT2D eigenvalue weighted by Gasteiger charge is 2.06. The van der Waals surface area contributed by atoms with E-state index in [4.69, 9.17) is 5.73 Å². The summed E-state index contributed by atoms with van der Waals surface area (Å²) in [5, 5.41) is 2.80. The van der Waals surface area contributed by atoms with Crippen molar-refractivity contribution in [1.82, 2.24) is 14.9 Å². The first-order valence-electron chi connectivity index (χ1n) is 5.27. The summed E-state index contributed by atoms with van der Waals surface area (Å²) in [5.74, 6) is 0.682. The van der Waals surface area contributed by atoms with Crippen LogP contribution in [0.15, 0.2) is 36.7 Å². The topological polar surface area (TPSA) is 72.9 Å². The Kier molecular flexibility index (Phi) is 3.09. The van der Waals surface area contributed by atoms with E-state index in [9.17, 15) is 4.79 Å². The normalized spacial score (nSPS) is 10.2. The highest BCUT2D eigenvalue weighted by Crippen LogP contribution is 2.05. The number of anilines is 1. The molecule has 2 aromatic rings. The second kappa shape index (κ2) is 4.69. The molecule has 0 saturated heterocycles. The van der Waals surface area contributed by atoms with Gasteiger partial charge in [0.2, 0.25) is 0 Å². The summed E-state index contributed by atoms with van der Waals surface area (Å²) in [6, 6.07) is 6.80. The molecule has 0 spiro atoms. The van der Waals surface area contributed by atoms with E-state index >= 15 is 0 Å². The summed E-state index contributed by atoms with van der Waals surface area (Å²) in [7, 11) is 1.89. The number of hydrogen-bond acceptors (Lipinski definition) is 3. The lowest BCUT2D eigenvalue weighted by Gasteiger charge is -2.05. The van der Waals surface area contributed by atoms with Crippen molar-refractivity contribution in [3.8, 4) is 0 Å². The molecule has 0 aliphatic heterocycles. The SMILES string of the molecule is Cn1ccnc1CNC(=O)c1ccc(N)cc1. The lowest BCUT2D eigenvalue weighted by molar-refractivity contribution is 0.0949. The van der Waals surface area contributed by atoms with E-state index in [1.807, 2.05) is 17.8 Å². The molecular formula is C12H14N4O. The summed E-state index contributed by atoms with van der Waals surface area (Å²) in [4.78, 5) is 15.9. The van der Waals surface area contributed by atoms with Gasteiger partial charge in [0.1, 0.15) is 5.82 Å².